The quantitative estimate of drug-likeness (QED) is 0.586. The van der Waals surface area contributed by atoms with Crippen molar-refractivity contribution >= 4 is 38.6 Å². The molecule has 3 aromatic rings. The number of anilines is 1. The number of nitrogens with zero attached hydrogens (tertiary/aromatic N) is 3. The van der Waals surface area contributed by atoms with Crippen molar-refractivity contribution in [1.82, 2.24) is 9.55 Å². The molecule has 0 spiro atoms. The Hall–Kier alpha value is -2.40. The standard InChI is InChI=1S/C22H22BrN3O/c1-14-8-15(2)10-18(9-14)25-13-17(11-21(25)27)22-24-19-6-4-5-7-20(19)26(22)12-16(3)23/h4-10,17H,3,11-13H2,1-2H3. The van der Waals surface area contributed by atoms with E-state index in [0.29, 0.717) is 19.5 Å². The molecule has 2 heterocycles. The van der Waals surface area contributed by atoms with Gasteiger partial charge in [-0.2, -0.15) is 0 Å². The summed E-state index contributed by atoms with van der Waals surface area (Å²) in [7, 11) is 0. The first-order valence-corrected chi connectivity index (χ1v) is 9.89. The molecule has 1 aliphatic rings. The van der Waals surface area contributed by atoms with E-state index >= 15 is 0 Å². The molecule has 4 nitrogen and oxygen atoms in total. The van der Waals surface area contributed by atoms with E-state index < -0.39 is 0 Å². The number of hydrogen-bond acceptors (Lipinski definition) is 2. The highest BCUT2D eigenvalue weighted by molar-refractivity contribution is 9.11. The molecule has 1 aliphatic heterocycles. The summed E-state index contributed by atoms with van der Waals surface area (Å²) in [6.07, 6.45) is 0.477. The van der Waals surface area contributed by atoms with Crippen molar-refractivity contribution in [3.63, 3.8) is 0 Å². The van der Waals surface area contributed by atoms with Crippen molar-refractivity contribution in [3.8, 4) is 0 Å². The van der Waals surface area contributed by atoms with Crippen LogP contribution in [0.3, 0.4) is 0 Å². The summed E-state index contributed by atoms with van der Waals surface area (Å²) in [6, 6.07) is 14.4. The summed E-state index contributed by atoms with van der Waals surface area (Å²) in [5, 5.41) is 0. The highest BCUT2D eigenvalue weighted by Crippen LogP contribution is 2.34. The third-order valence-corrected chi connectivity index (χ3v) is 5.27. The minimum atomic E-state index is 0.0672. The maximum absolute atomic E-state index is 12.8. The second-order valence-electron chi connectivity index (χ2n) is 7.31. The number of benzene rings is 2. The van der Waals surface area contributed by atoms with Gasteiger partial charge in [0.1, 0.15) is 5.82 Å². The zero-order valence-corrected chi connectivity index (χ0v) is 17.2. The number of fused-ring (bicyclic) bond motifs is 1. The summed E-state index contributed by atoms with van der Waals surface area (Å²) < 4.78 is 3.07. The Morgan fingerprint density at radius 3 is 2.63 bits per heavy atom. The van der Waals surface area contributed by atoms with Crippen molar-refractivity contribution in [2.45, 2.75) is 32.7 Å². The normalized spacial score (nSPS) is 17.1. The molecule has 0 N–H and O–H groups in total. The predicted octanol–water partition coefficient (Wildman–Crippen LogP) is 5.08. The van der Waals surface area contributed by atoms with E-state index in [-0.39, 0.29) is 11.8 Å². The number of aryl methyl sites for hydroxylation is 2. The molecule has 0 bridgehead atoms. The third kappa shape index (κ3) is 3.44. The molecular formula is C22H22BrN3O. The topological polar surface area (TPSA) is 38.1 Å². The van der Waals surface area contributed by atoms with Gasteiger partial charge in [0.15, 0.2) is 0 Å². The predicted molar refractivity (Wildman–Crippen MR) is 113 cm³/mol. The van der Waals surface area contributed by atoms with E-state index in [1.54, 1.807) is 0 Å². The van der Waals surface area contributed by atoms with Gasteiger partial charge in [-0.3, -0.25) is 4.79 Å². The number of aromatic nitrogens is 2. The Labute approximate surface area is 167 Å². The van der Waals surface area contributed by atoms with Crippen LogP contribution in [0.25, 0.3) is 11.0 Å². The minimum Gasteiger partial charge on any atom is -0.323 e. The molecule has 27 heavy (non-hydrogen) atoms. The van der Waals surface area contributed by atoms with Crippen LogP contribution >= 0.6 is 15.9 Å². The summed E-state index contributed by atoms with van der Waals surface area (Å²) in [4.78, 5) is 19.6. The summed E-state index contributed by atoms with van der Waals surface area (Å²) in [6.45, 7) is 9.42. The first-order valence-electron chi connectivity index (χ1n) is 9.09. The summed E-state index contributed by atoms with van der Waals surface area (Å²) in [5.41, 5.74) is 5.35. The number of halogens is 1. The van der Waals surface area contributed by atoms with Crippen LogP contribution in [0.1, 0.15) is 29.3 Å². The van der Waals surface area contributed by atoms with Crippen LogP contribution in [0.15, 0.2) is 53.5 Å². The van der Waals surface area contributed by atoms with E-state index in [9.17, 15) is 4.79 Å². The highest BCUT2D eigenvalue weighted by Gasteiger charge is 2.35. The van der Waals surface area contributed by atoms with Crippen LogP contribution in [0.2, 0.25) is 0 Å². The monoisotopic (exact) mass is 423 g/mol. The molecule has 0 saturated carbocycles. The number of rotatable bonds is 4. The molecule has 4 rings (SSSR count). The Kier molecular flexibility index (Phi) is 4.64. The number of allylic oxidation sites excluding steroid dienone is 1. The molecule has 2 aromatic carbocycles. The molecule has 1 amide bonds. The average molecular weight is 424 g/mol. The molecule has 1 aromatic heterocycles. The lowest BCUT2D eigenvalue weighted by Gasteiger charge is -2.18. The van der Waals surface area contributed by atoms with Gasteiger partial charge in [-0.15, -0.1) is 0 Å². The number of amides is 1. The maximum Gasteiger partial charge on any atom is 0.227 e. The van der Waals surface area contributed by atoms with E-state index in [1.165, 1.54) is 11.1 Å². The minimum absolute atomic E-state index is 0.0672. The van der Waals surface area contributed by atoms with Gasteiger partial charge in [0.25, 0.3) is 0 Å². The molecule has 0 aliphatic carbocycles. The Bertz CT molecular complexity index is 1030. The smallest absolute Gasteiger partial charge is 0.227 e. The van der Waals surface area contributed by atoms with Crippen LogP contribution in [-0.2, 0) is 11.3 Å². The molecule has 1 unspecified atom stereocenters. The van der Waals surface area contributed by atoms with Crippen molar-refractivity contribution in [3.05, 3.63) is 70.5 Å². The van der Waals surface area contributed by atoms with Crippen LogP contribution < -0.4 is 4.90 Å². The van der Waals surface area contributed by atoms with E-state index in [0.717, 1.165) is 27.0 Å². The second kappa shape index (κ2) is 6.97. The number of carbonyl (C=O) groups is 1. The van der Waals surface area contributed by atoms with Gasteiger partial charge in [0, 0.05) is 29.1 Å². The van der Waals surface area contributed by atoms with Gasteiger partial charge < -0.3 is 9.47 Å². The molecular weight excluding hydrogens is 402 g/mol. The Morgan fingerprint density at radius 2 is 1.93 bits per heavy atom. The molecule has 1 saturated heterocycles. The van der Waals surface area contributed by atoms with Crippen LogP contribution in [-0.4, -0.2) is 22.0 Å². The van der Waals surface area contributed by atoms with E-state index in [1.807, 2.05) is 23.1 Å². The summed E-state index contributed by atoms with van der Waals surface area (Å²) >= 11 is 3.48. The first kappa shape index (κ1) is 18.0. The maximum atomic E-state index is 12.8. The number of para-hydroxylation sites is 2. The molecule has 0 radical (unpaired) electrons. The molecule has 1 fully saturated rings. The number of carbonyl (C=O) groups excluding carboxylic acids is 1. The van der Waals surface area contributed by atoms with E-state index in [2.05, 4.69) is 65.2 Å². The second-order valence-corrected chi connectivity index (χ2v) is 8.43. The third-order valence-electron chi connectivity index (χ3n) is 5.02. The van der Waals surface area contributed by atoms with Crippen LogP contribution in [0.5, 0.6) is 0 Å². The SMILES string of the molecule is C=C(Br)Cn1c(C2CC(=O)N(c3cc(C)cc(C)c3)C2)nc2ccccc21. The zero-order valence-electron chi connectivity index (χ0n) is 15.6. The van der Waals surface area contributed by atoms with Gasteiger partial charge in [-0.25, -0.2) is 4.98 Å². The van der Waals surface area contributed by atoms with Crippen molar-refractivity contribution < 1.29 is 4.79 Å². The van der Waals surface area contributed by atoms with Gasteiger partial charge in [0.05, 0.1) is 17.6 Å². The fourth-order valence-corrected chi connectivity index (χ4v) is 4.23. The number of imidazole rings is 1. The number of hydrogen-bond donors (Lipinski definition) is 0. The summed E-state index contributed by atoms with van der Waals surface area (Å²) in [5.74, 6) is 1.18. The lowest BCUT2D eigenvalue weighted by atomic mass is 10.1. The lowest BCUT2D eigenvalue weighted by molar-refractivity contribution is -0.117. The molecule has 1 atom stereocenters. The largest absolute Gasteiger partial charge is 0.323 e. The molecule has 5 heteroatoms. The Morgan fingerprint density at radius 1 is 1.22 bits per heavy atom. The van der Waals surface area contributed by atoms with Crippen molar-refractivity contribution in [2.75, 3.05) is 11.4 Å². The van der Waals surface area contributed by atoms with Gasteiger partial charge in [-0.1, -0.05) is 40.7 Å². The van der Waals surface area contributed by atoms with Crippen LogP contribution in [0, 0.1) is 13.8 Å². The van der Waals surface area contributed by atoms with Crippen molar-refractivity contribution in [1.29, 1.82) is 0 Å². The fourth-order valence-electron chi connectivity index (χ4n) is 3.98. The van der Waals surface area contributed by atoms with Gasteiger partial charge in [-0.05, 0) is 49.2 Å². The van der Waals surface area contributed by atoms with Crippen molar-refractivity contribution in [2.24, 2.45) is 0 Å². The van der Waals surface area contributed by atoms with Gasteiger partial charge >= 0.3 is 0 Å². The first-order chi connectivity index (χ1) is 12.9. The van der Waals surface area contributed by atoms with E-state index in [4.69, 9.17) is 4.98 Å². The average Bonchev–Trinajstić information content (AvgIpc) is 3.15. The molecule has 138 valence electrons. The Balaban J connectivity index is 1.72. The van der Waals surface area contributed by atoms with Crippen LogP contribution in [0.4, 0.5) is 5.69 Å². The van der Waals surface area contributed by atoms with Gasteiger partial charge in [0.2, 0.25) is 5.91 Å². The fraction of sp³-hybridized carbons (Fsp3) is 0.273. The highest BCUT2D eigenvalue weighted by atomic mass is 79.9. The lowest BCUT2D eigenvalue weighted by Crippen LogP contribution is -2.24. The zero-order chi connectivity index (χ0) is 19.1.